The summed E-state index contributed by atoms with van der Waals surface area (Å²) in [6.07, 6.45) is 2.64. The summed E-state index contributed by atoms with van der Waals surface area (Å²) in [6.45, 7) is 1.40. The van der Waals surface area contributed by atoms with Crippen molar-refractivity contribution < 1.29 is 31.9 Å². The quantitative estimate of drug-likeness (QED) is 0.709. The van der Waals surface area contributed by atoms with Crippen LogP contribution in [0.4, 0.5) is 4.39 Å². The van der Waals surface area contributed by atoms with E-state index >= 15 is 4.39 Å². The second-order valence-electron chi connectivity index (χ2n) is 5.69. The number of hydrogen-bond acceptors (Lipinski definition) is 5. The van der Waals surface area contributed by atoms with Gasteiger partial charge in [0.2, 0.25) is 9.84 Å². The first-order chi connectivity index (χ1) is 12.8. The molecule has 0 spiro atoms. The van der Waals surface area contributed by atoms with E-state index in [1.807, 2.05) is 0 Å². The van der Waals surface area contributed by atoms with Crippen molar-refractivity contribution >= 4 is 15.8 Å². The molecule has 1 aromatic heterocycles. The normalized spacial score (nSPS) is 11.4. The molecular weight excluding hydrogens is 375 g/mol. The highest BCUT2D eigenvalue weighted by molar-refractivity contribution is 7.91. The predicted octanol–water partition coefficient (Wildman–Crippen LogP) is 3.93. The van der Waals surface area contributed by atoms with Crippen molar-refractivity contribution in [2.75, 3.05) is 7.11 Å². The fourth-order valence-corrected chi connectivity index (χ4v) is 4.57. The maximum absolute atomic E-state index is 15.2. The van der Waals surface area contributed by atoms with Crippen LogP contribution in [0.25, 0.3) is 11.1 Å². The molecular formula is C19H15FO6S. The number of benzene rings is 2. The number of ether oxygens (including phenoxy) is 1. The van der Waals surface area contributed by atoms with Crippen LogP contribution in [0.5, 0.6) is 5.75 Å². The summed E-state index contributed by atoms with van der Waals surface area (Å²) in [5, 5.41) is 9.51. The predicted molar refractivity (Wildman–Crippen MR) is 94.2 cm³/mol. The first-order valence-corrected chi connectivity index (χ1v) is 9.25. The van der Waals surface area contributed by atoms with Gasteiger partial charge in [-0.1, -0.05) is 18.2 Å². The summed E-state index contributed by atoms with van der Waals surface area (Å²) in [5.74, 6) is -3.28. The number of carboxylic acids is 1. The fourth-order valence-electron chi connectivity index (χ4n) is 2.97. The molecule has 8 heteroatoms. The smallest absolute Gasteiger partial charge is 0.342 e. The second kappa shape index (κ2) is 6.88. The minimum atomic E-state index is -4.32. The Morgan fingerprint density at radius 3 is 2.37 bits per heavy atom. The SMILES string of the molecule is COc1c(C(=O)O)c(F)c(S(=O)(=O)c2ccccc2)c(C)c1-c1ccoc1. The van der Waals surface area contributed by atoms with E-state index in [0.29, 0.717) is 5.56 Å². The fraction of sp³-hybridized carbons (Fsp3) is 0.105. The zero-order chi connectivity index (χ0) is 19.8. The first-order valence-electron chi connectivity index (χ1n) is 7.76. The minimum Gasteiger partial charge on any atom is -0.495 e. The van der Waals surface area contributed by atoms with Gasteiger partial charge >= 0.3 is 5.97 Å². The first kappa shape index (κ1) is 18.7. The molecule has 0 unspecified atom stereocenters. The van der Waals surface area contributed by atoms with Gasteiger partial charge in [-0.15, -0.1) is 0 Å². The van der Waals surface area contributed by atoms with E-state index in [-0.39, 0.29) is 21.8 Å². The van der Waals surface area contributed by atoms with Crippen LogP contribution in [0.3, 0.4) is 0 Å². The summed E-state index contributed by atoms with van der Waals surface area (Å²) in [5.41, 5.74) is -0.315. The van der Waals surface area contributed by atoms with Gasteiger partial charge in [0.25, 0.3) is 0 Å². The van der Waals surface area contributed by atoms with Crippen molar-refractivity contribution in [2.45, 2.75) is 16.7 Å². The van der Waals surface area contributed by atoms with Crippen LogP contribution in [-0.2, 0) is 9.84 Å². The van der Waals surface area contributed by atoms with E-state index in [1.54, 1.807) is 6.07 Å². The van der Waals surface area contributed by atoms with E-state index in [9.17, 15) is 18.3 Å². The van der Waals surface area contributed by atoms with Gasteiger partial charge in [-0.3, -0.25) is 0 Å². The van der Waals surface area contributed by atoms with Gasteiger partial charge in [-0.05, 0) is 30.7 Å². The van der Waals surface area contributed by atoms with Crippen molar-refractivity contribution in [3.05, 3.63) is 65.9 Å². The molecule has 1 heterocycles. The summed E-state index contributed by atoms with van der Waals surface area (Å²) < 4.78 is 51.5. The molecule has 0 aliphatic carbocycles. The number of rotatable bonds is 5. The molecule has 0 saturated carbocycles. The molecule has 3 rings (SSSR count). The number of carboxylic acid groups (broad SMARTS) is 1. The average molecular weight is 390 g/mol. The molecule has 27 heavy (non-hydrogen) atoms. The van der Waals surface area contributed by atoms with Crippen molar-refractivity contribution in [2.24, 2.45) is 0 Å². The topological polar surface area (TPSA) is 93.8 Å². The third-order valence-corrected chi connectivity index (χ3v) is 6.05. The minimum absolute atomic E-state index is 0.0274. The van der Waals surface area contributed by atoms with Crippen molar-refractivity contribution in [3.8, 4) is 16.9 Å². The van der Waals surface area contributed by atoms with Gasteiger partial charge in [-0.25, -0.2) is 17.6 Å². The van der Waals surface area contributed by atoms with Crippen LogP contribution in [0, 0.1) is 12.7 Å². The van der Waals surface area contributed by atoms with Crippen LogP contribution in [-0.4, -0.2) is 26.6 Å². The van der Waals surface area contributed by atoms with Crippen LogP contribution in [0.2, 0.25) is 0 Å². The number of aromatic carboxylic acids is 1. The molecule has 0 saturated heterocycles. The largest absolute Gasteiger partial charge is 0.495 e. The lowest BCUT2D eigenvalue weighted by Crippen LogP contribution is -2.14. The average Bonchev–Trinajstić information content (AvgIpc) is 3.15. The van der Waals surface area contributed by atoms with Crippen LogP contribution in [0.1, 0.15) is 15.9 Å². The molecule has 140 valence electrons. The standard InChI is InChI=1S/C19H15FO6S/c1-11-14(12-8-9-26-10-12)17(25-2)15(19(21)22)16(20)18(11)27(23,24)13-6-4-3-5-7-13/h3-10H,1-2H3,(H,21,22). The Bertz CT molecular complexity index is 1100. The van der Waals surface area contributed by atoms with Crippen molar-refractivity contribution in [1.82, 2.24) is 0 Å². The molecule has 0 fully saturated rings. The van der Waals surface area contributed by atoms with Crippen molar-refractivity contribution in [3.63, 3.8) is 0 Å². The molecule has 0 amide bonds. The van der Waals surface area contributed by atoms with Gasteiger partial charge < -0.3 is 14.3 Å². The third-order valence-electron chi connectivity index (χ3n) is 4.14. The zero-order valence-electron chi connectivity index (χ0n) is 14.4. The third kappa shape index (κ3) is 2.97. The van der Waals surface area contributed by atoms with E-state index in [1.165, 1.54) is 56.9 Å². The molecule has 1 N–H and O–H groups in total. The van der Waals surface area contributed by atoms with Crippen LogP contribution in [0.15, 0.2) is 63.1 Å². The highest BCUT2D eigenvalue weighted by atomic mass is 32.2. The molecule has 0 bridgehead atoms. The molecule has 2 aromatic carbocycles. The number of sulfone groups is 1. The van der Waals surface area contributed by atoms with Gasteiger partial charge in [-0.2, -0.15) is 0 Å². The van der Waals surface area contributed by atoms with Crippen LogP contribution >= 0.6 is 0 Å². The highest BCUT2D eigenvalue weighted by Crippen LogP contribution is 2.43. The second-order valence-corrected chi connectivity index (χ2v) is 7.57. The Morgan fingerprint density at radius 2 is 1.85 bits per heavy atom. The molecule has 6 nitrogen and oxygen atoms in total. The number of carbonyl (C=O) groups is 1. The summed E-state index contributed by atoms with van der Waals surface area (Å²) in [4.78, 5) is 10.9. The Labute approximate surface area is 154 Å². The molecule has 3 aromatic rings. The lowest BCUT2D eigenvalue weighted by molar-refractivity contribution is 0.0687. The number of methoxy groups -OCH3 is 1. The van der Waals surface area contributed by atoms with Gasteiger partial charge in [0.15, 0.2) is 5.82 Å². The van der Waals surface area contributed by atoms with E-state index in [2.05, 4.69) is 0 Å². The zero-order valence-corrected chi connectivity index (χ0v) is 15.2. The lowest BCUT2D eigenvalue weighted by Gasteiger charge is -2.19. The van der Waals surface area contributed by atoms with Gasteiger partial charge in [0, 0.05) is 11.1 Å². The van der Waals surface area contributed by atoms with E-state index < -0.39 is 32.1 Å². The molecule has 0 atom stereocenters. The maximum Gasteiger partial charge on any atom is 0.342 e. The molecule has 0 aliphatic rings. The number of furan rings is 1. The Hall–Kier alpha value is -3.13. The van der Waals surface area contributed by atoms with Crippen molar-refractivity contribution in [1.29, 1.82) is 0 Å². The maximum atomic E-state index is 15.2. The monoisotopic (exact) mass is 390 g/mol. The van der Waals surface area contributed by atoms with Crippen LogP contribution < -0.4 is 4.74 Å². The number of halogens is 1. The summed E-state index contributed by atoms with van der Waals surface area (Å²) >= 11 is 0. The van der Waals surface area contributed by atoms with E-state index in [0.717, 1.165) is 0 Å². The summed E-state index contributed by atoms with van der Waals surface area (Å²) in [7, 11) is -3.13. The van der Waals surface area contributed by atoms with Gasteiger partial charge in [0.1, 0.15) is 16.2 Å². The Balaban J connectivity index is 2.48. The Morgan fingerprint density at radius 1 is 1.19 bits per heavy atom. The Kier molecular flexibility index (Phi) is 4.75. The lowest BCUT2D eigenvalue weighted by atomic mass is 9.97. The highest BCUT2D eigenvalue weighted by Gasteiger charge is 2.34. The summed E-state index contributed by atoms with van der Waals surface area (Å²) in [6, 6.07) is 8.76. The van der Waals surface area contributed by atoms with Gasteiger partial charge in [0.05, 0.1) is 24.5 Å². The molecule has 0 radical (unpaired) electrons. The van der Waals surface area contributed by atoms with E-state index in [4.69, 9.17) is 9.15 Å². The number of hydrogen-bond donors (Lipinski definition) is 1. The molecule has 0 aliphatic heterocycles.